The Morgan fingerprint density at radius 2 is 1.34 bits per heavy atom. The van der Waals surface area contributed by atoms with Crippen LogP contribution in [0.1, 0.15) is 0 Å². The second kappa shape index (κ2) is 9.03. The first-order valence-electron chi connectivity index (χ1n) is 8.87. The van der Waals surface area contributed by atoms with E-state index in [4.69, 9.17) is 9.15 Å². The number of fused-ring (bicyclic) bond motifs is 1. The van der Waals surface area contributed by atoms with E-state index in [1.807, 2.05) is 48.5 Å². The Labute approximate surface area is 181 Å². The summed E-state index contributed by atoms with van der Waals surface area (Å²) in [4.78, 5) is 17.6. The number of methoxy groups -OCH3 is 1. The van der Waals surface area contributed by atoms with Gasteiger partial charge in [0.25, 0.3) is 0 Å². The zero-order chi connectivity index (χ0) is 20.2. The topological polar surface area (TPSA) is 39.4 Å². The van der Waals surface area contributed by atoms with Crippen LogP contribution < -0.4 is 10.4 Å². The number of hydrogen-bond acceptors (Lipinski definition) is 6. The van der Waals surface area contributed by atoms with Crippen molar-refractivity contribution in [1.29, 1.82) is 0 Å². The molecule has 0 radical (unpaired) electrons. The predicted octanol–water partition coefficient (Wildman–Crippen LogP) is 6.83. The van der Waals surface area contributed by atoms with Crippen LogP contribution in [0.4, 0.5) is 0 Å². The maximum absolute atomic E-state index is 12.8. The maximum Gasteiger partial charge on any atom is 0.351 e. The van der Waals surface area contributed by atoms with E-state index < -0.39 is 0 Å². The first kappa shape index (κ1) is 20.0. The summed E-state index contributed by atoms with van der Waals surface area (Å²) in [5, 5.41) is 0.932. The number of ether oxygens (including phenoxy) is 1. The van der Waals surface area contributed by atoms with Crippen molar-refractivity contribution < 1.29 is 9.15 Å². The number of para-hydroxylation sites is 1. The van der Waals surface area contributed by atoms with Crippen molar-refractivity contribution in [2.24, 2.45) is 0 Å². The fourth-order valence-corrected chi connectivity index (χ4v) is 5.27. The molecule has 0 spiro atoms. The molecule has 29 heavy (non-hydrogen) atoms. The lowest BCUT2D eigenvalue weighted by molar-refractivity contribution is 0.414. The van der Waals surface area contributed by atoms with E-state index in [1.165, 1.54) is 16.7 Å². The molecule has 6 heteroatoms. The van der Waals surface area contributed by atoms with E-state index in [0.717, 1.165) is 25.8 Å². The molecule has 0 unspecified atom stereocenters. The molecule has 3 aromatic carbocycles. The highest BCUT2D eigenvalue weighted by atomic mass is 32.2. The normalized spacial score (nSPS) is 11.0. The quantitative estimate of drug-likeness (QED) is 0.243. The highest BCUT2D eigenvalue weighted by Crippen LogP contribution is 2.41. The fourth-order valence-electron chi connectivity index (χ4n) is 2.82. The minimum atomic E-state index is -0.326. The summed E-state index contributed by atoms with van der Waals surface area (Å²) in [6.07, 6.45) is 2.06. The molecule has 3 nitrogen and oxygen atoms in total. The van der Waals surface area contributed by atoms with Gasteiger partial charge >= 0.3 is 5.63 Å². The second-order valence-electron chi connectivity index (χ2n) is 6.10. The molecule has 0 aliphatic heterocycles. The van der Waals surface area contributed by atoms with Gasteiger partial charge in [0, 0.05) is 25.0 Å². The van der Waals surface area contributed by atoms with E-state index >= 15 is 0 Å². The summed E-state index contributed by atoms with van der Waals surface area (Å²) in [5.41, 5.74) is 0.271. The van der Waals surface area contributed by atoms with Crippen LogP contribution in [-0.2, 0) is 0 Å². The van der Waals surface area contributed by atoms with Crippen molar-refractivity contribution >= 4 is 46.3 Å². The zero-order valence-corrected chi connectivity index (χ0v) is 18.3. The maximum atomic E-state index is 12.8. The Morgan fingerprint density at radius 3 is 2.00 bits per heavy atom. The van der Waals surface area contributed by atoms with E-state index in [0.29, 0.717) is 10.5 Å². The summed E-state index contributed by atoms with van der Waals surface area (Å²) in [5.74, 6) is 0.781. The molecule has 0 fully saturated rings. The average molecular weight is 439 g/mol. The summed E-state index contributed by atoms with van der Waals surface area (Å²) >= 11 is 4.71. The van der Waals surface area contributed by atoms with E-state index in [-0.39, 0.29) is 5.63 Å². The van der Waals surface area contributed by atoms with Crippen LogP contribution in [0, 0.1) is 0 Å². The first-order chi connectivity index (χ1) is 14.2. The van der Waals surface area contributed by atoms with Gasteiger partial charge in [0.15, 0.2) is 0 Å². The number of hydrogen-bond donors (Lipinski definition) is 0. The van der Waals surface area contributed by atoms with E-state index in [2.05, 4.69) is 30.5 Å². The SMILES string of the molecule is COc1ccc(Sc2c(Sc3ccc(SC)cc3)c3ccccc3oc2=O)cc1. The van der Waals surface area contributed by atoms with Gasteiger partial charge in [-0.25, -0.2) is 4.79 Å². The van der Waals surface area contributed by atoms with Crippen molar-refractivity contribution in [1.82, 2.24) is 0 Å². The smallest absolute Gasteiger partial charge is 0.351 e. The van der Waals surface area contributed by atoms with Gasteiger partial charge in [0.05, 0.1) is 7.11 Å². The molecule has 4 aromatic rings. The molecule has 0 amide bonds. The lowest BCUT2D eigenvalue weighted by atomic mass is 10.2. The third-order valence-electron chi connectivity index (χ3n) is 4.28. The van der Waals surface area contributed by atoms with E-state index in [1.54, 1.807) is 30.6 Å². The zero-order valence-electron chi connectivity index (χ0n) is 15.9. The van der Waals surface area contributed by atoms with Gasteiger partial charge in [-0.2, -0.15) is 0 Å². The van der Waals surface area contributed by atoms with Crippen LogP contribution in [0.5, 0.6) is 5.75 Å². The van der Waals surface area contributed by atoms with Crippen molar-refractivity contribution in [3.63, 3.8) is 0 Å². The molecule has 0 N–H and O–H groups in total. The number of benzene rings is 3. The Kier molecular flexibility index (Phi) is 6.23. The van der Waals surface area contributed by atoms with Gasteiger partial charge < -0.3 is 9.15 Å². The highest BCUT2D eigenvalue weighted by Gasteiger charge is 2.17. The van der Waals surface area contributed by atoms with Crippen molar-refractivity contribution in [3.8, 4) is 5.75 Å². The van der Waals surface area contributed by atoms with Crippen molar-refractivity contribution in [3.05, 3.63) is 83.2 Å². The molecule has 0 aliphatic carbocycles. The van der Waals surface area contributed by atoms with Crippen LogP contribution in [0.15, 0.2) is 106 Å². The third-order valence-corrected chi connectivity index (χ3v) is 7.38. The monoisotopic (exact) mass is 438 g/mol. The molecule has 1 aromatic heterocycles. The molecular formula is C23H18O3S3. The summed E-state index contributed by atoms with van der Waals surface area (Å²) in [7, 11) is 1.64. The van der Waals surface area contributed by atoms with Gasteiger partial charge in [-0.05, 0) is 60.9 Å². The van der Waals surface area contributed by atoms with Gasteiger partial charge in [0.1, 0.15) is 16.2 Å². The fraction of sp³-hybridized carbons (Fsp3) is 0.0870. The van der Waals surface area contributed by atoms with E-state index in [9.17, 15) is 4.79 Å². The molecule has 0 bridgehead atoms. The van der Waals surface area contributed by atoms with Gasteiger partial charge in [-0.3, -0.25) is 0 Å². The van der Waals surface area contributed by atoms with Crippen LogP contribution in [-0.4, -0.2) is 13.4 Å². The Balaban J connectivity index is 1.80. The molecule has 146 valence electrons. The van der Waals surface area contributed by atoms with Gasteiger partial charge in [-0.1, -0.05) is 41.7 Å². The second-order valence-corrected chi connectivity index (χ2v) is 9.15. The van der Waals surface area contributed by atoms with Crippen molar-refractivity contribution in [2.45, 2.75) is 24.5 Å². The summed E-state index contributed by atoms with van der Waals surface area (Å²) in [6.45, 7) is 0. The number of thioether (sulfide) groups is 1. The first-order valence-corrected chi connectivity index (χ1v) is 11.7. The molecular weight excluding hydrogens is 420 g/mol. The third kappa shape index (κ3) is 4.50. The largest absolute Gasteiger partial charge is 0.497 e. The number of rotatable bonds is 6. The predicted molar refractivity (Wildman–Crippen MR) is 122 cm³/mol. The average Bonchev–Trinajstić information content (AvgIpc) is 2.77. The molecule has 4 rings (SSSR count). The highest BCUT2D eigenvalue weighted by molar-refractivity contribution is 8.02. The van der Waals surface area contributed by atoms with Crippen molar-refractivity contribution in [2.75, 3.05) is 13.4 Å². The molecule has 0 saturated heterocycles. The Morgan fingerprint density at radius 1 is 0.759 bits per heavy atom. The standard InChI is InChI=1S/C23H18O3S3/c1-25-15-7-9-17(10-8-15)29-22-21(28-18-13-11-16(27-2)12-14-18)19-5-3-4-6-20(19)26-23(22)24/h3-14H,1-2H3. The van der Waals surface area contributed by atoms with Gasteiger partial charge in [0.2, 0.25) is 0 Å². The Bertz CT molecular complexity index is 1180. The molecule has 0 aliphatic rings. The van der Waals surface area contributed by atoms with Crippen LogP contribution >= 0.6 is 35.3 Å². The minimum Gasteiger partial charge on any atom is -0.497 e. The Hall–Kier alpha value is -2.28. The molecule has 0 saturated carbocycles. The lowest BCUT2D eigenvalue weighted by Crippen LogP contribution is -2.04. The lowest BCUT2D eigenvalue weighted by Gasteiger charge is -2.11. The summed E-state index contributed by atoms with van der Waals surface area (Å²) < 4.78 is 10.8. The molecule has 1 heterocycles. The minimum absolute atomic E-state index is 0.326. The van der Waals surface area contributed by atoms with Crippen LogP contribution in [0.25, 0.3) is 11.0 Å². The van der Waals surface area contributed by atoms with Gasteiger partial charge in [-0.15, -0.1) is 11.8 Å². The van der Waals surface area contributed by atoms with Crippen LogP contribution in [0.2, 0.25) is 0 Å². The van der Waals surface area contributed by atoms with Crippen LogP contribution in [0.3, 0.4) is 0 Å². The summed E-state index contributed by atoms with van der Waals surface area (Å²) in [6, 6.07) is 23.7. The molecule has 0 atom stereocenters.